The molecule has 0 aromatic heterocycles. The summed E-state index contributed by atoms with van der Waals surface area (Å²) in [7, 11) is -3.93. The first-order valence-corrected chi connectivity index (χ1v) is 12.9. The number of anilines is 1. The summed E-state index contributed by atoms with van der Waals surface area (Å²) in [6.07, 6.45) is 0.955. The summed E-state index contributed by atoms with van der Waals surface area (Å²) in [6, 6.07) is 21.1. The Hall–Kier alpha value is -2.84. The Balaban J connectivity index is 1.67. The number of carbonyl (C=O) groups is 1. The molecule has 0 saturated heterocycles. The van der Waals surface area contributed by atoms with Crippen LogP contribution in [0.2, 0.25) is 0 Å². The topological polar surface area (TPSA) is 75.7 Å². The molecule has 0 heterocycles. The first-order chi connectivity index (χ1) is 15.8. The number of hydrogen-bond acceptors (Lipinski definition) is 4. The second kappa shape index (κ2) is 11.3. The maximum absolute atomic E-state index is 13.3. The van der Waals surface area contributed by atoms with Crippen molar-refractivity contribution >= 4 is 37.5 Å². The van der Waals surface area contributed by atoms with Gasteiger partial charge in [0.1, 0.15) is 18.9 Å². The summed E-state index contributed by atoms with van der Waals surface area (Å²) in [5.41, 5.74) is 2.57. The summed E-state index contributed by atoms with van der Waals surface area (Å²) in [5.74, 6) is 0.304. The predicted molar refractivity (Wildman–Crippen MR) is 134 cm³/mol. The fraction of sp³-hybridized carbons (Fsp3) is 0.240. The molecule has 3 rings (SSSR count). The summed E-state index contributed by atoms with van der Waals surface area (Å²) in [4.78, 5) is 12.8. The molecule has 0 atom stereocenters. The van der Waals surface area contributed by atoms with E-state index in [1.807, 2.05) is 31.2 Å². The van der Waals surface area contributed by atoms with Crippen molar-refractivity contribution in [3.63, 3.8) is 0 Å². The lowest BCUT2D eigenvalue weighted by Crippen LogP contribution is -2.41. The summed E-state index contributed by atoms with van der Waals surface area (Å²) < 4.78 is 34.3. The average Bonchev–Trinajstić information content (AvgIpc) is 2.81. The van der Waals surface area contributed by atoms with Gasteiger partial charge in [0.2, 0.25) is 5.91 Å². The molecule has 0 spiro atoms. The van der Waals surface area contributed by atoms with Crippen LogP contribution in [0, 0.1) is 6.92 Å². The van der Waals surface area contributed by atoms with Crippen LogP contribution in [0.5, 0.6) is 5.75 Å². The third-order valence-corrected chi connectivity index (χ3v) is 7.35. The van der Waals surface area contributed by atoms with Crippen LogP contribution in [-0.2, 0) is 21.2 Å². The molecule has 1 N–H and O–H groups in total. The Morgan fingerprint density at radius 1 is 0.970 bits per heavy atom. The predicted octanol–water partition coefficient (Wildman–Crippen LogP) is 4.71. The summed E-state index contributed by atoms with van der Waals surface area (Å²) >= 11 is 3.36. The lowest BCUT2D eigenvalue weighted by molar-refractivity contribution is -0.119. The van der Waals surface area contributed by atoms with Gasteiger partial charge in [0.15, 0.2) is 0 Å². The number of nitrogens with one attached hydrogen (secondary N) is 1. The van der Waals surface area contributed by atoms with Crippen LogP contribution < -0.4 is 14.4 Å². The Morgan fingerprint density at radius 2 is 1.61 bits per heavy atom. The molecule has 0 saturated carbocycles. The lowest BCUT2D eigenvalue weighted by atomic mass is 10.2. The SMILES string of the molecule is CCc1ccc(OCCNC(=O)CN(c2ccc(Br)cc2)S(=O)(=O)c2ccc(C)cc2)cc1. The van der Waals surface area contributed by atoms with Crippen molar-refractivity contribution in [2.75, 3.05) is 24.0 Å². The van der Waals surface area contributed by atoms with Crippen molar-refractivity contribution in [2.45, 2.75) is 25.2 Å². The molecule has 6 nitrogen and oxygen atoms in total. The minimum absolute atomic E-state index is 0.127. The molecular formula is C25H27BrN2O4S. The number of aryl methyl sites for hydroxylation is 2. The molecule has 0 radical (unpaired) electrons. The van der Waals surface area contributed by atoms with Gasteiger partial charge in [0.05, 0.1) is 17.1 Å². The van der Waals surface area contributed by atoms with E-state index in [-0.39, 0.29) is 24.6 Å². The zero-order valence-electron chi connectivity index (χ0n) is 18.6. The molecule has 8 heteroatoms. The molecule has 0 fully saturated rings. The van der Waals surface area contributed by atoms with E-state index < -0.39 is 15.9 Å². The molecule has 3 aromatic carbocycles. The molecule has 0 bridgehead atoms. The van der Waals surface area contributed by atoms with Gasteiger partial charge in [-0.1, -0.05) is 52.7 Å². The highest BCUT2D eigenvalue weighted by atomic mass is 79.9. The van der Waals surface area contributed by atoms with Crippen LogP contribution in [0.4, 0.5) is 5.69 Å². The number of benzene rings is 3. The van der Waals surface area contributed by atoms with E-state index in [1.54, 1.807) is 48.5 Å². The highest BCUT2D eigenvalue weighted by molar-refractivity contribution is 9.10. The zero-order chi connectivity index (χ0) is 23.8. The van der Waals surface area contributed by atoms with Gasteiger partial charge < -0.3 is 10.1 Å². The third kappa shape index (κ3) is 6.82. The van der Waals surface area contributed by atoms with Crippen molar-refractivity contribution in [1.82, 2.24) is 5.32 Å². The minimum atomic E-state index is -3.93. The van der Waals surface area contributed by atoms with Crippen molar-refractivity contribution in [1.29, 1.82) is 0 Å². The normalized spacial score (nSPS) is 11.1. The standard InChI is InChI=1S/C25H27BrN2O4S/c1-3-20-6-12-23(13-7-20)32-17-16-27-25(29)18-28(22-10-8-21(26)9-11-22)33(30,31)24-14-4-19(2)5-15-24/h4-15H,3,16-18H2,1-2H3,(H,27,29). The molecule has 0 aliphatic carbocycles. The molecule has 0 aliphatic rings. The van der Waals surface area contributed by atoms with Gasteiger partial charge in [-0.05, 0) is 67.4 Å². The second-order valence-electron chi connectivity index (χ2n) is 7.50. The maximum Gasteiger partial charge on any atom is 0.264 e. The second-order valence-corrected chi connectivity index (χ2v) is 10.3. The first kappa shape index (κ1) is 24.8. The van der Waals surface area contributed by atoms with E-state index in [2.05, 4.69) is 28.2 Å². The van der Waals surface area contributed by atoms with Gasteiger partial charge in [-0.2, -0.15) is 0 Å². The van der Waals surface area contributed by atoms with Crippen molar-refractivity contribution in [3.05, 3.63) is 88.4 Å². The van der Waals surface area contributed by atoms with E-state index >= 15 is 0 Å². The number of amides is 1. The van der Waals surface area contributed by atoms with Gasteiger partial charge in [-0.15, -0.1) is 0 Å². The largest absolute Gasteiger partial charge is 0.492 e. The number of halogens is 1. The molecular weight excluding hydrogens is 504 g/mol. The van der Waals surface area contributed by atoms with Gasteiger partial charge in [-0.25, -0.2) is 8.42 Å². The minimum Gasteiger partial charge on any atom is -0.492 e. The number of ether oxygens (including phenoxy) is 1. The van der Waals surface area contributed by atoms with Crippen LogP contribution in [0.15, 0.2) is 82.2 Å². The van der Waals surface area contributed by atoms with E-state index in [1.165, 1.54) is 5.56 Å². The first-order valence-electron chi connectivity index (χ1n) is 10.6. The van der Waals surface area contributed by atoms with Crippen molar-refractivity contribution in [2.24, 2.45) is 0 Å². The van der Waals surface area contributed by atoms with E-state index in [0.717, 1.165) is 26.5 Å². The van der Waals surface area contributed by atoms with Crippen LogP contribution >= 0.6 is 15.9 Å². The molecule has 174 valence electrons. The Morgan fingerprint density at radius 3 is 2.21 bits per heavy atom. The summed E-state index contributed by atoms with van der Waals surface area (Å²) in [6.45, 7) is 4.16. The Kier molecular flexibility index (Phi) is 8.52. The quantitative estimate of drug-likeness (QED) is 0.385. The number of nitrogens with zero attached hydrogens (tertiary/aromatic N) is 1. The number of rotatable bonds is 10. The fourth-order valence-corrected chi connectivity index (χ4v) is 4.81. The van der Waals surface area contributed by atoms with E-state index in [0.29, 0.717) is 5.69 Å². The smallest absolute Gasteiger partial charge is 0.264 e. The van der Waals surface area contributed by atoms with Crippen LogP contribution in [0.25, 0.3) is 0 Å². The van der Waals surface area contributed by atoms with Crippen molar-refractivity contribution < 1.29 is 17.9 Å². The van der Waals surface area contributed by atoms with E-state index in [4.69, 9.17) is 4.74 Å². The average molecular weight is 531 g/mol. The van der Waals surface area contributed by atoms with Crippen LogP contribution in [0.1, 0.15) is 18.1 Å². The zero-order valence-corrected chi connectivity index (χ0v) is 21.0. The number of carbonyl (C=O) groups excluding carboxylic acids is 1. The highest BCUT2D eigenvalue weighted by Crippen LogP contribution is 2.25. The van der Waals surface area contributed by atoms with Gasteiger partial charge >= 0.3 is 0 Å². The van der Waals surface area contributed by atoms with E-state index in [9.17, 15) is 13.2 Å². The number of hydrogen-bond donors (Lipinski definition) is 1. The van der Waals surface area contributed by atoms with Gasteiger partial charge in [0, 0.05) is 4.47 Å². The molecule has 3 aromatic rings. The monoisotopic (exact) mass is 530 g/mol. The maximum atomic E-state index is 13.3. The molecule has 1 amide bonds. The Labute approximate surface area is 203 Å². The molecule has 33 heavy (non-hydrogen) atoms. The Bertz CT molecular complexity index is 1160. The number of sulfonamides is 1. The fourth-order valence-electron chi connectivity index (χ4n) is 3.13. The van der Waals surface area contributed by atoms with Crippen LogP contribution in [-0.4, -0.2) is 34.0 Å². The van der Waals surface area contributed by atoms with Gasteiger partial charge in [0.25, 0.3) is 10.0 Å². The molecule has 0 unspecified atom stereocenters. The molecule has 0 aliphatic heterocycles. The lowest BCUT2D eigenvalue weighted by Gasteiger charge is -2.24. The van der Waals surface area contributed by atoms with Crippen molar-refractivity contribution in [3.8, 4) is 5.75 Å². The van der Waals surface area contributed by atoms with Crippen LogP contribution in [0.3, 0.4) is 0 Å². The summed E-state index contributed by atoms with van der Waals surface area (Å²) in [5, 5.41) is 2.74. The van der Waals surface area contributed by atoms with Gasteiger partial charge in [-0.3, -0.25) is 9.10 Å². The highest BCUT2D eigenvalue weighted by Gasteiger charge is 2.27. The third-order valence-electron chi connectivity index (χ3n) is 5.04.